The smallest absolute Gasteiger partial charge is 0.408 e. The van der Waals surface area contributed by atoms with E-state index in [9.17, 15) is 23.2 Å². The number of hydrogen-bond acceptors (Lipinski definition) is 7. The third-order valence-corrected chi connectivity index (χ3v) is 8.61. The molecule has 1 aliphatic heterocycles. The van der Waals surface area contributed by atoms with Crippen molar-refractivity contribution < 1.29 is 32.6 Å². The van der Waals surface area contributed by atoms with Gasteiger partial charge in [0.05, 0.1) is 29.5 Å². The minimum absolute atomic E-state index is 0.0987. The molecule has 0 saturated heterocycles. The van der Waals surface area contributed by atoms with E-state index >= 15 is 0 Å². The van der Waals surface area contributed by atoms with E-state index < -0.39 is 47.3 Å². The standard InChI is InChI=1S/C31H36F2N6O5/c1-28(2,3)44-27(42)37-29(16-31(32,33)17-29)18-35-24(40)15-39-23-7-5-4-6-22(23)30(26(39)41)10-8-20(9-11-30)43-21-12-19-13-36-38-25(19)34-14-21/h4-7,12-14,20H,8-11,15-18H2,1-3H3,(H,35,40)(H,37,42)(H,34,36,38). The maximum Gasteiger partial charge on any atom is 0.408 e. The number of carbonyl (C=O) groups excluding carboxylic acids is 3. The number of nitrogens with zero attached hydrogens (tertiary/aromatic N) is 3. The van der Waals surface area contributed by atoms with E-state index in [1.54, 1.807) is 33.2 Å². The Bertz CT molecular complexity index is 1590. The Labute approximate surface area is 253 Å². The second-order valence-electron chi connectivity index (χ2n) is 13.2. The molecule has 0 radical (unpaired) electrons. The zero-order chi connectivity index (χ0) is 31.3. The summed E-state index contributed by atoms with van der Waals surface area (Å²) in [5.74, 6) is -2.99. The topological polar surface area (TPSA) is 139 Å². The number of carbonyl (C=O) groups is 3. The maximum atomic E-state index is 14.0. The Hall–Kier alpha value is -4.29. The molecule has 0 bridgehead atoms. The van der Waals surface area contributed by atoms with Crippen molar-refractivity contribution in [2.24, 2.45) is 0 Å². The molecule has 2 aliphatic carbocycles. The van der Waals surface area contributed by atoms with Crippen molar-refractivity contribution in [1.82, 2.24) is 25.8 Å². The summed E-state index contributed by atoms with van der Waals surface area (Å²) in [6, 6.07) is 9.33. The van der Waals surface area contributed by atoms with Gasteiger partial charge in [-0.05, 0) is 64.2 Å². The highest BCUT2D eigenvalue weighted by atomic mass is 19.3. The van der Waals surface area contributed by atoms with Gasteiger partial charge in [-0.25, -0.2) is 18.6 Å². The van der Waals surface area contributed by atoms with Gasteiger partial charge in [0.15, 0.2) is 5.65 Å². The van der Waals surface area contributed by atoms with Gasteiger partial charge in [-0.15, -0.1) is 0 Å². The van der Waals surface area contributed by atoms with Crippen molar-refractivity contribution in [2.75, 3.05) is 18.0 Å². The molecule has 1 aromatic carbocycles. The molecule has 11 nitrogen and oxygen atoms in total. The fourth-order valence-electron chi connectivity index (χ4n) is 6.70. The molecule has 3 amide bonds. The van der Waals surface area contributed by atoms with Crippen LogP contribution in [0.15, 0.2) is 42.7 Å². The molecule has 3 aromatic rings. The van der Waals surface area contributed by atoms with Crippen molar-refractivity contribution in [3.05, 3.63) is 48.3 Å². The average Bonchev–Trinajstić information content (AvgIpc) is 3.48. The SMILES string of the molecule is CC(C)(C)OC(=O)NC1(CNC(=O)CN2C(=O)C3(CCC(Oc4cnc5[nH]ncc5c4)CC3)c3ccccc32)CC(F)(F)C1. The molecule has 0 unspecified atom stereocenters. The normalized spacial score (nSPS) is 20.2. The lowest BCUT2D eigenvalue weighted by atomic mass is 9.69. The number of halogens is 2. The van der Waals surface area contributed by atoms with Crippen LogP contribution in [0.3, 0.4) is 0 Å². The first kappa shape index (κ1) is 29.8. The first-order chi connectivity index (χ1) is 20.8. The van der Waals surface area contributed by atoms with Crippen LogP contribution >= 0.6 is 0 Å². The van der Waals surface area contributed by atoms with Gasteiger partial charge in [0.2, 0.25) is 11.8 Å². The number of rotatable bonds is 7. The summed E-state index contributed by atoms with van der Waals surface area (Å²) >= 11 is 0. The van der Waals surface area contributed by atoms with Gasteiger partial charge in [-0.3, -0.25) is 14.7 Å². The maximum absolute atomic E-state index is 14.0. The van der Waals surface area contributed by atoms with E-state index in [0.717, 1.165) is 10.9 Å². The molecule has 234 valence electrons. The number of alkyl halides is 2. The number of H-pyrrole nitrogens is 1. The van der Waals surface area contributed by atoms with Crippen LogP contribution in [-0.2, 0) is 19.7 Å². The number of alkyl carbamates (subject to hydrolysis) is 1. The molecule has 2 aromatic heterocycles. The molecule has 3 aliphatic rings. The lowest BCUT2D eigenvalue weighted by molar-refractivity contribution is -0.137. The molecule has 0 atom stereocenters. The number of nitrogens with one attached hydrogen (secondary N) is 3. The lowest BCUT2D eigenvalue weighted by Crippen LogP contribution is -2.67. The fourth-order valence-corrected chi connectivity index (χ4v) is 6.70. The number of anilines is 1. The molecule has 2 fully saturated rings. The Balaban J connectivity index is 1.10. The predicted octanol–water partition coefficient (Wildman–Crippen LogP) is 4.37. The molecule has 3 N–H and O–H groups in total. The molecule has 2 saturated carbocycles. The van der Waals surface area contributed by atoms with Crippen LogP contribution in [0.25, 0.3) is 11.0 Å². The van der Waals surface area contributed by atoms with Crippen LogP contribution in [0, 0.1) is 0 Å². The second kappa shape index (κ2) is 10.7. The van der Waals surface area contributed by atoms with Gasteiger partial charge in [-0.2, -0.15) is 5.10 Å². The van der Waals surface area contributed by atoms with Crippen LogP contribution in [0.1, 0.15) is 64.9 Å². The van der Waals surface area contributed by atoms with E-state index in [-0.39, 0.29) is 25.1 Å². The summed E-state index contributed by atoms with van der Waals surface area (Å²) in [6.45, 7) is 4.53. The Morgan fingerprint density at radius 2 is 1.86 bits per heavy atom. The third-order valence-electron chi connectivity index (χ3n) is 8.61. The first-order valence-corrected chi connectivity index (χ1v) is 14.8. The van der Waals surface area contributed by atoms with Crippen molar-refractivity contribution in [2.45, 2.75) is 87.9 Å². The van der Waals surface area contributed by atoms with Crippen molar-refractivity contribution in [3.8, 4) is 5.75 Å². The van der Waals surface area contributed by atoms with Crippen LogP contribution in [0.5, 0.6) is 5.75 Å². The summed E-state index contributed by atoms with van der Waals surface area (Å²) < 4.78 is 39.3. The average molecular weight is 611 g/mol. The summed E-state index contributed by atoms with van der Waals surface area (Å²) in [5, 5.41) is 12.9. The van der Waals surface area contributed by atoms with E-state index in [0.29, 0.717) is 42.8 Å². The number of aromatic nitrogens is 3. The van der Waals surface area contributed by atoms with E-state index in [1.165, 1.54) is 4.90 Å². The highest BCUT2D eigenvalue weighted by Crippen LogP contribution is 2.50. The van der Waals surface area contributed by atoms with Crippen LogP contribution < -0.4 is 20.3 Å². The number of hydrogen-bond donors (Lipinski definition) is 3. The molecule has 3 heterocycles. The summed E-state index contributed by atoms with van der Waals surface area (Å²) in [7, 11) is 0. The number of aromatic amines is 1. The lowest BCUT2D eigenvalue weighted by Gasteiger charge is -2.47. The summed E-state index contributed by atoms with van der Waals surface area (Å²) in [6.07, 6.45) is 3.53. The Morgan fingerprint density at radius 1 is 1.14 bits per heavy atom. The van der Waals surface area contributed by atoms with Gasteiger partial charge >= 0.3 is 6.09 Å². The summed E-state index contributed by atoms with van der Waals surface area (Å²) in [5.41, 5.74) is -0.711. The molecular formula is C31H36F2N6O5. The van der Waals surface area contributed by atoms with E-state index in [4.69, 9.17) is 9.47 Å². The van der Waals surface area contributed by atoms with Crippen LogP contribution in [0.4, 0.5) is 19.3 Å². The van der Waals surface area contributed by atoms with Gasteiger partial charge in [0.1, 0.15) is 17.9 Å². The Kier molecular flexibility index (Phi) is 7.24. The largest absolute Gasteiger partial charge is 0.489 e. The minimum Gasteiger partial charge on any atom is -0.489 e. The van der Waals surface area contributed by atoms with Gasteiger partial charge in [-0.1, -0.05) is 18.2 Å². The number of para-hydroxylation sites is 1. The van der Waals surface area contributed by atoms with Gasteiger partial charge < -0.3 is 25.0 Å². The number of benzene rings is 1. The predicted molar refractivity (Wildman–Crippen MR) is 157 cm³/mol. The van der Waals surface area contributed by atoms with Crippen LogP contribution in [-0.4, -0.2) is 69.3 Å². The molecule has 13 heteroatoms. The number of amides is 3. The monoisotopic (exact) mass is 610 g/mol. The number of fused-ring (bicyclic) bond motifs is 3. The van der Waals surface area contributed by atoms with Gasteiger partial charge in [0.25, 0.3) is 5.92 Å². The van der Waals surface area contributed by atoms with Gasteiger partial charge in [0, 0.05) is 30.5 Å². The summed E-state index contributed by atoms with van der Waals surface area (Å²) in [4.78, 5) is 45.3. The van der Waals surface area contributed by atoms with Crippen molar-refractivity contribution in [3.63, 3.8) is 0 Å². The molecular weight excluding hydrogens is 574 g/mol. The highest BCUT2D eigenvalue weighted by molar-refractivity contribution is 6.10. The number of ether oxygens (including phenoxy) is 2. The fraction of sp³-hybridized carbons (Fsp3) is 0.516. The van der Waals surface area contributed by atoms with E-state index in [1.807, 2.05) is 30.3 Å². The van der Waals surface area contributed by atoms with Crippen LogP contribution in [0.2, 0.25) is 0 Å². The van der Waals surface area contributed by atoms with E-state index in [2.05, 4.69) is 25.8 Å². The third kappa shape index (κ3) is 5.79. The zero-order valence-electron chi connectivity index (χ0n) is 24.9. The van der Waals surface area contributed by atoms with Crippen molar-refractivity contribution >= 4 is 34.6 Å². The quantitative estimate of drug-likeness (QED) is 0.361. The van der Waals surface area contributed by atoms with Crippen molar-refractivity contribution in [1.29, 1.82) is 0 Å². The second-order valence-corrected chi connectivity index (χ2v) is 13.2. The molecule has 44 heavy (non-hydrogen) atoms. The zero-order valence-corrected chi connectivity index (χ0v) is 24.9. The Morgan fingerprint density at radius 3 is 2.57 bits per heavy atom. The number of pyridine rings is 1. The molecule has 6 rings (SSSR count). The molecule has 1 spiro atoms. The highest BCUT2D eigenvalue weighted by Gasteiger charge is 2.58. The first-order valence-electron chi connectivity index (χ1n) is 14.8. The minimum atomic E-state index is -2.96.